The maximum Gasteiger partial charge on any atom is 0.309 e. The Labute approximate surface area is 99.6 Å². The predicted octanol–water partition coefficient (Wildman–Crippen LogP) is 2.05. The number of anilines is 1. The van der Waals surface area contributed by atoms with Gasteiger partial charge in [0.05, 0.1) is 5.41 Å². The first kappa shape index (κ1) is 11.6. The number of amides is 1. The summed E-state index contributed by atoms with van der Waals surface area (Å²) in [6, 6.07) is 7.34. The summed E-state index contributed by atoms with van der Waals surface area (Å²) in [6.45, 7) is 1.46. The Kier molecular flexibility index (Phi) is 2.88. The van der Waals surface area contributed by atoms with E-state index in [1.165, 1.54) is 6.92 Å². The maximum absolute atomic E-state index is 11.0. The van der Waals surface area contributed by atoms with Crippen molar-refractivity contribution in [3.63, 3.8) is 0 Å². The number of benzene rings is 1. The average Bonchev–Trinajstić information content (AvgIpc) is 3.01. The fraction of sp³-hybridized carbons (Fsp3) is 0.385. The minimum Gasteiger partial charge on any atom is -0.481 e. The Hall–Kier alpha value is -1.84. The molecular formula is C13H15NO3. The molecule has 1 fully saturated rings. The standard InChI is InChI=1S/C13H15NO3/c1-9(15)14-11-4-2-10(3-5-11)8-13(6-7-13)12(16)17/h2-5H,6-8H2,1H3,(H,14,15)(H,16,17). The molecule has 0 spiro atoms. The highest BCUT2D eigenvalue weighted by Gasteiger charge is 2.49. The molecule has 1 aliphatic rings. The monoisotopic (exact) mass is 233 g/mol. The van der Waals surface area contributed by atoms with E-state index in [1.54, 1.807) is 12.1 Å². The van der Waals surface area contributed by atoms with Crippen LogP contribution in [0.25, 0.3) is 0 Å². The number of carbonyl (C=O) groups is 2. The van der Waals surface area contributed by atoms with Crippen LogP contribution in [-0.2, 0) is 16.0 Å². The van der Waals surface area contributed by atoms with E-state index in [2.05, 4.69) is 5.32 Å². The van der Waals surface area contributed by atoms with Crippen molar-refractivity contribution < 1.29 is 14.7 Å². The molecule has 0 bridgehead atoms. The summed E-state index contributed by atoms with van der Waals surface area (Å²) in [6.07, 6.45) is 2.09. The zero-order valence-electron chi connectivity index (χ0n) is 9.69. The van der Waals surface area contributed by atoms with E-state index < -0.39 is 11.4 Å². The minimum atomic E-state index is -0.705. The van der Waals surface area contributed by atoms with E-state index in [4.69, 9.17) is 5.11 Å². The van der Waals surface area contributed by atoms with Crippen LogP contribution < -0.4 is 5.32 Å². The van der Waals surface area contributed by atoms with E-state index in [0.717, 1.165) is 24.1 Å². The first-order chi connectivity index (χ1) is 8.02. The van der Waals surface area contributed by atoms with Gasteiger partial charge in [-0.2, -0.15) is 0 Å². The van der Waals surface area contributed by atoms with Gasteiger partial charge in [0.25, 0.3) is 0 Å². The molecule has 0 radical (unpaired) electrons. The lowest BCUT2D eigenvalue weighted by Gasteiger charge is -2.10. The number of hydrogen-bond donors (Lipinski definition) is 2. The van der Waals surface area contributed by atoms with Crippen molar-refractivity contribution in [1.29, 1.82) is 0 Å². The first-order valence-electron chi connectivity index (χ1n) is 5.62. The van der Waals surface area contributed by atoms with E-state index in [1.807, 2.05) is 12.1 Å². The van der Waals surface area contributed by atoms with Crippen LogP contribution in [-0.4, -0.2) is 17.0 Å². The lowest BCUT2D eigenvalue weighted by Crippen LogP contribution is -2.17. The largest absolute Gasteiger partial charge is 0.481 e. The number of aliphatic carboxylic acids is 1. The average molecular weight is 233 g/mol. The van der Waals surface area contributed by atoms with Gasteiger partial charge in [0, 0.05) is 12.6 Å². The summed E-state index contributed by atoms with van der Waals surface area (Å²) < 4.78 is 0. The highest BCUT2D eigenvalue weighted by molar-refractivity contribution is 5.88. The zero-order valence-corrected chi connectivity index (χ0v) is 9.69. The van der Waals surface area contributed by atoms with Crippen LogP contribution in [0.5, 0.6) is 0 Å². The van der Waals surface area contributed by atoms with Gasteiger partial charge in [-0.15, -0.1) is 0 Å². The van der Waals surface area contributed by atoms with Gasteiger partial charge in [0.15, 0.2) is 0 Å². The Bertz CT molecular complexity index is 446. The molecule has 1 aliphatic carbocycles. The molecule has 0 aliphatic heterocycles. The molecular weight excluding hydrogens is 218 g/mol. The van der Waals surface area contributed by atoms with E-state index >= 15 is 0 Å². The van der Waals surface area contributed by atoms with Crippen LogP contribution in [0.3, 0.4) is 0 Å². The van der Waals surface area contributed by atoms with Crippen LogP contribution in [0.4, 0.5) is 5.69 Å². The van der Waals surface area contributed by atoms with Crippen LogP contribution in [0.2, 0.25) is 0 Å². The summed E-state index contributed by atoms with van der Waals surface area (Å²) in [5.41, 5.74) is 1.20. The molecule has 1 saturated carbocycles. The quantitative estimate of drug-likeness (QED) is 0.836. The second-order valence-corrected chi connectivity index (χ2v) is 4.64. The molecule has 0 unspecified atom stereocenters. The van der Waals surface area contributed by atoms with Gasteiger partial charge in [-0.05, 0) is 37.0 Å². The molecule has 90 valence electrons. The normalized spacial score (nSPS) is 16.3. The Balaban J connectivity index is 2.04. The topological polar surface area (TPSA) is 66.4 Å². The molecule has 0 saturated heterocycles. The summed E-state index contributed by atoms with van der Waals surface area (Å²) >= 11 is 0. The molecule has 0 aromatic heterocycles. The van der Waals surface area contributed by atoms with Crippen molar-refractivity contribution in [2.75, 3.05) is 5.32 Å². The van der Waals surface area contributed by atoms with Gasteiger partial charge in [-0.1, -0.05) is 12.1 Å². The highest BCUT2D eigenvalue weighted by atomic mass is 16.4. The lowest BCUT2D eigenvalue weighted by molar-refractivity contribution is -0.143. The molecule has 1 aromatic carbocycles. The van der Waals surface area contributed by atoms with Crippen LogP contribution in [0.1, 0.15) is 25.3 Å². The number of hydrogen-bond acceptors (Lipinski definition) is 2. The van der Waals surface area contributed by atoms with Gasteiger partial charge in [0.2, 0.25) is 5.91 Å². The first-order valence-corrected chi connectivity index (χ1v) is 5.62. The molecule has 0 heterocycles. The Morgan fingerprint density at radius 1 is 1.29 bits per heavy atom. The third kappa shape index (κ3) is 2.64. The van der Waals surface area contributed by atoms with Crippen molar-refractivity contribution in [1.82, 2.24) is 0 Å². The van der Waals surface area contributed by atoms with Crippen LogP contribution in [0, 0.1) is 5.41 Å². The number of nitrogens with one attached hydrogen (secondary N) is 1. The Morgan fingerprint density at radius 2 is 1.88 bits per heavy atom. The summed E-state index contributed by atoms with van der Waals surface area (Å²) in [7, 11) is 0. The Morgan fingerprint density at radius 3 is 2.29 bits per heavy atom. The van der Waals surface area contributed by atoms with Gasteiger partial charge in [0.1, 0.15) is 0 Å². The molecule has 2 rings (SSSR count). The van der Waals surface area contributed by atoms with Gasteiger partial charge in [-0.3, -0.25) is 9.59 Å². The second kappa shape index (κ2) is 4.20. The second-order valence-electron chi connectivity index (χ2n) is 4.64. The molecule has 1 aromatic rings. The van der Waals surface area contributed by atoms with Crippen molar-refractivity contribution in [2.24, 2.45) is 5.41 Å². The third-order valence-corrected chi connectivity index (χ3v) is 3.12. The predicted molar refractivity (Wildman–Crippen MR) is 63.8 cm³/mol. The molecule has 4 heteroatoms. The number of carboxylic acids is 1. The van der Waals surface area contributed by atoms with Crippen molar-refractivity contribution in [3.05, 3.63) is 29.8 Å². The minimum absolute atomic E-state index is 0.109. The van der Waals surface area contributed by atoms with Crippen LogP contribution in [0.15, 0.2) is 24.3 Å². The van der Waals surface area contributed by atoms with Crippen molar-refractivity contribution in [2.45, 2.75) is 26.2 Å². The smallest absolute Gasteiger partial charge is 0.309 e. The van der Waals surface area contributed by atoms with Crippen molar-refractivity contribution >= 4 is 17.6 Å². The maximum atomic E-state index is 11.0. The highest BCUT2D eigenvalue weighted by Crippen LogP contribution is 2.48. The molecule has 17 heavy (non-hydrogen) atoms. The molecule has 0 atom stereocenters. The molecule has 2 N–H and O–H groups in total. The zero-order chi connectivity index (χ0) is 12.5. The lowest BCUT2D eigenvalue weighted by atomic mass is 9.96. The number of carboxylic acid groups (broad SMARTS) is 1. The van der Waals surface area contributed by atoms with E-state index in [-0.39, 0.29) is 5.91 Å². The van der Waals surface area contributed by atoms with Gasteiger partial charge >= 0.3 is 5.97 Å². The molecule has 4 nitrogen and oxygen atoms in total. The van der Waals surface area contributed by atoms with Gasteiger partial charge in [-0.25, -0.2) is 0 Å². The summed E-state index contributed by atoms with van der Waals surface area (Å²) in [5.74, 6) is -0.814. The number of rotatable bonds is 4. The van der Waals surface area contributed by atoms with E-state index in [0.29, 0.717) is 6.42 Å². The third-order valence-electron chi connectivity index (χ3n) is 3.12. The summed E-state index contributed by atoms with van der Waals surface area (Å²) in [4.78, 5) is 21.9. The fourth-order valence-electron chi connectivity index (χ4n) is 1.92. The fourth-order valence-corrected chi connectivity index (χ4v) is 1.92. The van der Waals surface area contributed by atoms with Crippen molar-refractivity contribution in [3.8, 4) is 0 Å². The molecule has 1 amide bonds. The SMILES string of the molecule is CC(=O)Nc1ccc(CC2(C(=O)O)CC2)cc1. The number of carbonyl (C=O) groups excluding carboxylic acids is 1. The van der Waals surface area contributed by atoms with Crippen LogP contribution >= 0.6 is 0 Å². The summed E-state index contributed by atoms with van der Waals surface area (Å²) in [5, 5.41) is 11.8. The van der Waals surface area contributed by atoms with E-state index in [9.17, 15) is 9.59 Å². The van der Waals surface area contributed by atoms with Gasteiger partial charge < -0.3 is 10.4 Å².